The molecule has 2 aromatic carbocycles. The molecule has 2 aromatic heterocycles. The lowest BCUT2D eigenvalue weighted by molar-refractivity contribution is 0.0920. The van der Waals surface area contributed by atoms with Crippen molar-refractivity contribution >= 4 is 43.9 Å². The van der Waals surface area contributed by atoms with Crippen LogP contribution < -0.4 is 4.90 Å². The van der Waals surface area contributed by atoms with Crippen molar-refractivity contribution in [2.75, 3.05) is 18.1 Å². The van der Waals surface area contributed by atoms with Gasteiger partial charge in [0.2, 0.25) is 0 Å². The van der Waals surface area contributed by atoms with Gasteiger partial charge in [0.1, 0.15) is 9.88 Å². The van der Waals surface area contributed by atoms with E-state index in [9.17, 15) is 4.79 Å². The molecule has 5 rings (SSSR count). The topological polar surface area (TPSA) is 55.3 Å². The van der Waals surface area contributed by atoms with Gasteiger partial charge in [-0.2, -0.15) is 0 Å². The van der Waals surface area contributed by atoms with E-state index in [1.807, 2.05) is 61.5 Å². The first kappa shape index (κ1) is 19.4. The molecular formula is C23H21N3O2S2. The number of ether oxygens (including phenoxy) is 1. The molecule has 4 aromatic rings. The number of fused-ring (bicyclic) bond motifs is 1. The average Bonchev–Trinajstić information content (AvgIpc) is 3.51. The Labute approximate surface area is 183 Å². The number of carbonyl (C=O) groups excluding carboxylic acids is 1. The molecule has 0 radical (unpaired) electrons. The third-order valence-electron chi connectivity index (χ3n) is 5.18. The molecule has 0 unspecified atom stereocenters. The maximum Gasteiger partial charge on any atom is 0.272 e. The first-order valence-electron chi connectivity index (χ1n) is 10.0. The molecule has 1 saturated heterocycles. The molecule has 0 bridgehead atoms. The Balaban J connectivity index is 1.52. The van der Waals surface area contributed by atoms with Crippen LogP contribution in [0.1, 0.15) is 28.2 Å². The Morgan fingerprint density at radius 3 is 2.67 bits per heavy atom. The van der Waals surface area contributed by atoms with Crippen molar-refractivity contribution in [1.82, 2.24) is 9.97 Å². The van der Waals surface area contributed by atoms with Crippen molar-refractivity contribution in [3.05, 3.63) is 65.2 Å². The fourth-order valence-corrected chi connectivity index (χ4v) is 5.63. The molecule has 3 heterocycles. The first-order valence-corrected chi connectivity index (χ1v) is 11.6. The molecule has 1 aliphatic heterocycles. The monoisotopic (exact) mass is 435 g/mol. The van der Waals surface area contributed by atoms with Gasteiger partial charge in [-0.1, -0.05) is 53.8 Å². The van der Waals surface area contributed by atoms with E-state index < -0.39 is 0 Å². The Morgan fingerprint density at radius 1 is 1.10 bits per heavy atom. The van der Waals surface area contributed by atoms with E-state index in [4.69, 9.17) is 9.72 Å². The summed E-state index contributed by atoms with van der Waals surface area (Å²) in [5.74, 6) is -0.0539. The minimum Gasteiger partial charge on any atom is -0.376 e. The van der Waals surface area contributed by atoms with Crippen molar-refractivity contribution in [2.24, 2.45) is 0 Å². The normalized spacial score (nSPS) is 16.2. The fourth-order valence-electron chi connectivity index (χ4n) is 3.64. The number of hydrogen-bond acceptors (Lipinski definition) is 6. The van der Waals surface area contributed by atoms with Gasteiger partial charge in [-0.25, -0.2) is 9.97 Å². The summed E-state index contributed by atoms with van der Waals surface area (Å²) in [6.45, 7) is 3.17. The van der Waals surface area contributed by atoms with Crippen molar-refractivity contribution in [3.63, 3.8) is 0 Å². The molecule has 5 nitrogen and oxygen atoms in total. The highest BCUT2D eigenvalue weighted by Gasteiger charge is 2.29. The molecule has 7 heteroatoms. The Bertz CT molecular complexity index is 1150. The van der Waals surface area contributed by atoms with Gasteiger partial charge in [-0.15, -0.1) is 11.3 Å². The van der Waals surface area contributed by atoms with Crippen molar-refractivity contribution in [3.8, 4) is 10.6 Å². The molecule has 0 N–H and O–H groups in total. The molecule has 1 aliphatic rings. The second-order valence-corrected chi connectivity index (χ2v) is 9.32. The van der Waals surface area contributed by atoms with Crippen LogP contribution >= 0.6 is 22.7 Å². The molecule has 152 valence electrons. The molecule has 0 spiro atoms. The molecule has 1 fully saturated rings. The van der Waals surface area contributed by atoms with Gasteiger partial charge in [0, 0.05) is 12.2 Å². The maximum atomic E-state index is 13.7. The van der Waals surface area contributed by atoms with Crippen LogP contribution in [0.4, 0.5) is 5.13 Å². The summed E-state index contributed by atoms with van der Waals surface area (Å²) in [5.41, 5.74) is 2.69. The zero-order chi connectivity index (χ0) is 20.5. The van der Waals surface area contributed by atoms with Crippen LogP contribution in [0.25, 0.3) is 20.8 Å². The highest BCUT2D eigenvalue weighted by molar-refractivity contribution is 7.22. The zero-order valence-corrected chi connectivity index (χ0v) is 18.2. The minimum absolute atomic E-state index is 0.0442. The van der Waals surface area contributed by atoms with Crippen LogP contribution in [-0.2, 0) is 4.74 Å². The summed E-state index contributed by atoms with van der Waals surface area (Å²) in [6.07, 6.45) is 2.04. The standard InChI is InChI=1S/C23H21N3O2S2/c1-15-20(30-21(24-15)16-8-3-2-4-9-16)22(27)26(14-17-10-7-13-28-17)23-25-18-11-5-6-12-19(18)29-23/h2-6,8-9,11-12,17H,7,10,13-14H2,1H3/t17-/m0/s1. The predicted octanol–water partition coefficient (Wildman–Crippen LogP) is 5.55. The van der Waals surface area contributed by atoms with E-state index in [1.165, 1.54) is 11.3 Å². The van der Waals surface area contributed by atoms with Gasteiger partial charge in [0.05, 0.1) is 28.6 Å². The highest BCUT2D eigenvalue weighted by atomic mass is 32.1. The van der Waals surface area contributed by atoms with E-state index in [1.54, 1.807) is 16.2 Å². The quantitative estimate of drug-likeness (QED) is 0.412. The van der Waals surface area contributed by atoms with Gasteiger partial charge < -0.3 is 4.74 Å². The number of aromatic nitrogens is 2. The Hall–Kier alpha value is -2.61. The third-order valence-corrected chi connectivity index (χ3v) is 7.43. The highest BCUT2D eigenvalue weighted by Crippen LogP contribution is 2.34. The fraction of sp³-hybridized carbons (Fsp3) is 0.261. The van der Waals surface area contributed by atoms with Crippen molar-refractivity contribution in [2.45, 2.75) is 25.9 Å². The van der Waals surface area contributed by atoms with Gasteiger partial charge in [-0.05, 0) is 31.9 Å². The van der Waals surface area contributed by atoms with Gasteiger partial charge in [0.25, 0.3) is 5.91 Å². The Morgan fingerprint density at radius 2 is 1.90 bits per heavy atom. The number of hydrogen-bond donors (Lipinski definition) is 0. The van der Waals surface area contributed by atoms with E-state index in [0.29, 0.717) is 16.6 Å². The average molecular weight is 436 g/mol. The molecule has 1 atom stereocenters. The van der Waals surface area contributed by atoms with E-state index in [2.05, 4.69) is 4.98 Å². The molecular weight excluding hydrogens is 414 g/mol. The lowest BCUT2D eigenvalue weighted by atomic mass is 10.2. The Kier molecular flexibility index (Phi) is 5.33. The van der Waals surface area contributed by atoms with Gasteiger partial charge in [-0.3, -0.25) is 9.69 Å². The first-order chi connectivity index (χ1) is 14.7. The number of rotatable bonds is 5. The number of anilines is 1. The molecule has 0 aliphatic carbocycles. The zero-order valence-electron chi connectivity index (χ0n) is 16.6. The summed E-state index contributed by atoms with van der Waals surface area (Å²) in [6, 6.07) is 18.0. The number of para-hydroxylation sites is 1. The van der Waals surface area contributed by atoms with Crippen LogP contribution in [0.2, 0.25) is 0 Å². The lowest BCUT2D eigenvalue weighted by Gasteiger charge is -2.22. The SMILES string of the molecule is Cc1nc(-c2ccccc2)sc1C(=O)N(C[C@@H]1CCCO1)c1nc2ccccc2s1. The summed E-state index contributed by atoms with van der Waals surface area (Å²) in [7, 11) is 0. The minimum atomic E-state index is -0.0539. The predicted molar refractivity (Wildman–Crippen MR) is 123 cm³/mol. The lowest BCUT2D eigenvalue weighted by Crippen LogP contribution is -2.37. The van der Waals surface area contributed by atoms with Crippen molar-refractivity contribution in [1.29, 1.82) is 0 Å². The molecule has 0 saturated carbocycles. The largest absolute Gasteiger partial charge is 0.376 e. The van der Waals surface area contributed by atoms with E-state index in [-0.39, 0.29) is 12.0 Å². The smallest absolute Gasteiger partial charge is 0.272 e. The summed E-state index contributed by atoms with van der Waals surface area (Å²) in [5, 5.41) is 1.57. The van der Waals surface area contributed by atoms with Crippen molar-refractivity contribution < 1.29 is 9.53 Å². The number of aryl methyl sites for hydroxylation is 1. The molecule has 30 heavy (non-hydrogen) atoms. The number of benzene rings is 2. The van der Waals surface area contributed by atoms with Gasteiger partial charge in [0.15, 0.2) is 5.13 Å². The second kappa shape index (κ2) is 8.26. The number of nitrogens with zero attached hydrogens (tertiary/aromatic N) is 3. The third kappa shape index (κ3) is 3.76. The number of amides is 1. The van der Waals surface area contributed by atoms with Crippen LogP contribution in [0, 0.1) is 6.92 Å². The number of thiazole rings is 2. The van der Waals surface area contributed by atoms with Crippen LogP contribution in [0.15, 0.2) is 54.6 Å². The second-order valence-electron chi connectivity index (χ2n) is 7.31. The van der Waals surface area contributed by atoms with Crippen LogP contribution in [-0.4, -0.2) is 35.1 Å². The summed E-state index contributed by atoms with van der Waals surface area (Å²) >= 11 is 2.99. The van der Waals surface area contributed by atoms with E-state index in [0.717, 1.165) is 45.9 Å². The molecule has 1 amide bonds. The van der Waals surface area contributed by atoms with Gasteiger partial charge >= 0.3 is 0 Å². The summed E-state index contributed by atoms with van der Waals surface area (Å²) < 4.78 is 6.91. The summed E-state index contributed by atoms with van der Waals surface area (Å²) in [4.78, 5) is 25.6. The maximum absolute atomic E-state index is 13.7. The van der Waals surface area contributed by atoms with Crippen LogP contribution in [0.5, 0.6) is 0 Å². The number of carbonyl (C=O) groups is 1. The van der Waals surface area contributed by atoms with E-state index >= 15 is 0 Å². The van der Waals surface area contributed by atoms with Crippen LogP contribution in [0.3, 0.4) is 0 Å².